The van der Waals surface area contributed by atoms with Gasteiger partial charge in [-0.3, -0.25) is 9.59 Å². The number of rotatable bonds is 5. The lowest BCUT2D eigenvalue weighted by molar-refractivity contribution is -0.149. The topological polar surface area (TPSA) is 90.0 Å². The molecule has 1 aromatic carbocycles. The van der Waals surface area contributed by atoms with E-state index in [4.69, 9.17) is 0 Å². The van der Waals surface area contributed by atoms with Gasteiger partial charge in [-0.25, -0.2) is 4.79 Å². The van der Waals surface area contributed by atoms with Crippen LogP contribution < -0.4 is 5.32 Å². The van der Waals surface area contributed by atoms with Crippen molar-refractivity contribution in [1.82, 2.24) is 15.1 Å². The van der Waals surface area contributed by atoms with Gasteiger partial charge in [-0.15, -0.1) is 0 Å². The molecule has 1 aromatic rings. The quantitative estimate of drug-likeness (QED) is 0.827. The Morgan fingerprint density at radius 1 is 1.19 bits per heavy atom. The van der Waals surface area contributed by atoms with Crippen LogP contribution >= 0.6 is 0 Å². The van der Waals surface area contributed by atoms with Gasteiger partial charge in [-0.05, 0) is 24.3 Å². The normalized spacial score (nSPS) is 27.5. The minimum absolute atomic E-state index is 0.0839. The van der Waals surface area contributed by atoms with Gasteiger partial charge in [-0.2, -0.15) is 0 Å². The molecular formula is C19H23N3O4. The molecule has 1 aliphatic carbocycles. The summed E-state index contributed by atoms with van der Waals surface area (Å²) in [5.74, 6) is -1.21. The molecule has 3 amide bonds. The van der Waals surface area contributed by atoms with Crippen molar-refractivity contribution in [3.63, 3.8) is 0 Å². The number of urea groups is 1. The number of amides is 3. The van der Waals surface area contributed by atoms with Crippen LogP contribution in [0.1, 0.15) is 18.4 Å². The molecule has 0 unspecified atom stereocenters. The van der Waals surface area contributed by atoms with Gasteiger partial charge >= 0.3 is 12.0 Å². The van der Waals surface area contributed by atoms with Crippen molar-refractivity contribution >= 4 is 17.9 Å². The molecule has 0 spiro atoms. The summed E-state index contributed by atoms with van der Waals surface area (Å²) in [7, 11) is 0. The Morgan fingerprint density at radius 2 is 1.92 bits per heavy atom. The van der Waals surface area contributed by atoms with Crippen LogP contribution in [0.4, 0.5) is 4.79 Å². The smallest absolute Gasteiger partial charge is 0.317 e. The molecule has 3 fully saturated rings. The third-order valence-corrected chi connectivity index (χ3v) is 5.80. The fraction of sp³-hybridized carbons (Fsp3) is 0.526. The van der Waals surface area contributed by atoms with Gasteiger partial charge in [0.2, 0.25) is 5.91 Å². The molecule has 0 radical (unpaired) electrons. The first-order valence-electron chi connectivity index (χ1n) is 9.08. The molecule has 2 aliphatic heterocycles. The number of carbonyl (C=O) groups excluding carboxylic acids is 2. The van der Waals surface area contributed by atoms with Crippen molar-refractivity contribution in [2.75, 3.05) is 26.2 Å². The van der Waals surface area contributed by atoms with Gasteiger partial charge in [0.25, 0.3) is 0 Å². The van der Waals surface area contributed by atoms with E-state index in [9.17, 15) is 19.5 Å². The molecule has 0 bridgehead atoms. The highest BCUT2D eigenvalue weighted by atomic mass is 16.4. The first-order chi connectivity index (χ1) is 12.5. The monoisotopic (exact) mass is 357 g/mol. The van der Waals surface area contributed by atoms with Gasteiger partial charge in [0.05, 0.1) is 5.92 Å². The maximum absolute atomic E-state index is 12.7. The van der Waals surface area contributed by atoms with Gasteiger partial charge in [-0.1, -0.05) is 30.3 Å². The second-order valence-corrected chi connectivity index (χ2v) is 7.70. The summed E-state index contributed by atoms with van der Waals surface area (Å²) in [5, 5.41) is 12.7. The summed E-state index contributed by atoms with van der Waals surface area (Å²) >= 11 is 0. The highest BCUT2D eigenvalue weighted by Gasteiger charge is 2.63. The number of hydrogen-bond acceptors (Lipinski definition) is 3. The van der Waals surface area contributed by atoms with E-state index in [0.29, 0.717) is 19.0 Å². The van der Waals surface area contributed by atoms with Crippen LogP contribution in [0.3, 0.4) is 0 Å². The number of benzene rings is 1. The zero-order valence-electron chi connectivity index (χ0n) is 14.6. The molecule has 2 N–H and O–H groups in total. The van der Waals surface area contributed by atoms with Crippen molar-refractivity contribution in [1.29, 1.82) is 0 Å². The zero-order chi connectivity index (χ0) is 18.3. The average Bonchev–Trinajstić information content (AvgIpc) is 3.30. The van der Waals surface area contributed by atoms with E-state index in [-0.39, 0.29) is 31.6 Å². The molecule has 3 aliphatic rings. The summed E-state index contributed by atoms with van der Waals surface area (Å²) in [4.78, 5) is 40.4. The first kappa shape index (κ1) is 16.9. The average molecular weight is 357 g/mol. The molecule has 2 heterocycles. The van der Waals surface area contributed by atoms with Crippen molar-refractivity contribution in [3.05, 3.63) is 35.9 Å². The van der Waals surface area contributed by atoms with E-state index >= 15 is 0 Å². The molecule has 7 nitrogen and oxygen atoms in total. The van der Waals surface area contributed by atoms with Crippen LogP contribution in [0.2, 0.25) is 0 Å². The third kappa shape index (κ3) is 2.91. The molecule has 138 valence electrons. The van der Waals surface area contributed by atoms with E-state index in [1.165, 1.54) is 4.90 Å². The lowest BCUT2D eigenvalue weighted by atomic mass is 9.81. The summed E-state index contributed by atoms with van der Waals surface area (Å²) < 4.78 is 0. The molecule has 1 saturated carbocycles. The second kappa shape index (κ2) is 6.30. The molecular weight excluding hydrogens is 334 g/mol. The van der Waals surface area contributed by atoms with Crippen molar-refractivity contribution in [2.24, 2.45) is 17.3 Å². The van der Waals surface area contributed by atoms with Crippen LogP contribution in [0.5, 0.6) is 0 Å². The van der Waals surface area contributed by atoms with E-state index in [0.717, 1.165) is 18.4 Å². The highest BCUT2D eigenvalue weighted by molar-refractivity contribution is 5.93. The standard InChI is InChI=1S/C19H23N3O4/c23-16-15-10-22(18(26)20-8-13-4-2-1-3-5-13)12-19(15,17(24)25)11-21(16)9-14-6-7-14/h1-5,14-15H,6-12H2,(H,20,26)(H,24,25)/t15-,19+/m0/s1. The Labute approximate surface area is 152 Å². The van der Waals surface area contributed by atoms with E-state index in [1.807, 2.05) is 30.3 Å². The number of carbonyl (C=O) groups is 3. The fourth-order valence-electron chi connectivity index (χ4n) is 4.11. The SMILES string of the molecule is O=C(NCc1ccccc1)N1C[C@H]2C(=O)N(CC3CC3)C[C@@]2(C(=O)O)C1. The predicted molar refractivity (Wildman–Crippen MR) is 93.1 cm³/mol. The van der Waals surface area contributed by atoms with Crippen LogP contribution in [-0.2, 0) is 16.1 Å². The highest BCUT2D eigenvalue weighted by Crippen LogP contribution is 2.45. The third-order valence-electron chi connectivity index (χ3n) is 5.80. The number of carboxylic acid groups (broad SMARTS) is 1. The van der Waals surface area contributed by atoms with Gasteiger partial charge in [0.1, 0.15) is 5.41 Å². The van der Waals surface area contributed by atoms with E-state index in [1.54, 1.807) is 4.90 Å². The minimum Gasteiger partial charge on any atom is -0.481 e. The summed E-state index contributed by atoms with van der Waals surface area (Å²) in [6.07, 6.45) is 2.23. The van der Waals surface area contributed by atoms with E-state index < -0.39 is 17.3 Å². The first-order valence-corrected chi connectivity index (χ1v) is 9.08. The number of carboxylic acids is 1. The summed E-state index contributed by atoms with van der Waals surface area (Å²) in [6, 6.07) is 9.21. The van der Waals surface area contributed by atoms with Gasteiger partial charge in [0.15, 0.2) is 0 Å². The largest absolute Gasteiger partial charge is 0.481 e. The lowest BCUT2D eigenvalue weighted by Gasteiger charge is -2.25. The lowest BCUT2D eigenvalue weighted by Crippen LogP contribution is -2.44. The van der Waals surface area contributed by atoms with Crippen LogP contribution in [-0.4, -0.2) is 59.0 Å². The minimum atomic E-state index is -1.17. The number of nitrogens with one attached hydrogen (secondary N) is 1. The number of fused-ring (bicyclic) bond motifs is 1. The van der Waals surface area contributed by atoms with Crippen LogP contribution in [0, 0.1) is 17.3 Å². The number of likely N-dealkylation sites (tertiary alicyclic amines) is 2. The maximum atomic E-state index is 12.7. The van der Waals surface area contributed by atoms with Crippen molar-refractivity contribution in [3.8, 4) is 0 Å². The Balaban J connectivity index is 1.42. The van der Waals surface area contributed by atoms with Crippen molar-refractivity contribution < 1.29 is 19.5 Å². The Kier molecular flexibility index (Phi) is 4.09. The molecule has 2 saturated heterocycles. The maximum Gasteiger partial charge on any atom is 0.317 e. The van der Waals surface area contributed by atoms with Crippen LogP contribution in [0.15, 0.2) is 30.3 Å². The van der Waals surface area contributed by atoms with E-state index in [2.05, 4.69) is 5.32 Å². The Hall–Kier alpha value is -2.57. The fourth-order valence-corrected chi connectivity index (χ4v) is 4.11. The molecule has 4 rings (SSSR count). The van der Waals surface area contributed by atoms with Gasteiger partial charge in [0, 0.05) is 32.7 Å². The molecule has 2 atom stereocenters. The Morgan fingerprint density at radius 3 is 2.54 bits per heavy atom. The Bertz CT molecular complexity index is 734. The van der Waals surface area contributed by atoms with Crippen LogP contribution in [0.25, 0.3) is 0 Å². The number of aliphatic carboxylic acids is 1. The van der Waals surface area contributed by atoms with Gasteiger partial charge < -0.3 is 20.2 Å². The number of nitrogens with zero attached hydrogens (tertiary/aromatic N) is 2. The zero-order valence-corrected chi connectivity index (χ0v) is 14.6. The molecule has 7 heteroatoms. The summed E-state index contributed by atoms with van der Waals surface area (Å²) in [5.41, 5.74) is -0.198. The number of hydrogen-bond donors (Lipinski definition) is 2. The van der Waals surface area contributed by atoms with Crippen molar-refractivity contribution in [2.45, 2.75) is 19.4 Å². The second-order valence-electron chi connectivity index (χ2n) is 7.70. The predicted octanol–water partition coefficient (Wildman–Crippen LogP) is 1.15. The molecule has 0 aromatic heterocycles. The summed E-state index contributed by atoms with van der Waals surface area (Å²) in [6.45, 7) is 1.51. The molecule has 26 heavy (non-hydrogen) atoms.